The average Bonchev–Trinajstić information content (AvgIpc) is 2.73. The lowest BCUT2D eigenvalue weighted by Gasteiger charge is -2.13. The number of ether oxygens (including phenoxy) is 3. The molecule has 0 saturated carbocycles. The Morgan fingerprint density at radius 3 is 1.93 bits per heavy atom. The monoisotopic (exact) mass is 360 g/mol. The molecule has 5 heteroatoms. The molecule has 0 aliphatic rings. The number of rotatable bonds is 6. The van der Waals surface area contributed by atoms with Crippen LogP contribution in [0.5, 0.6) is 17.4 Å². The van der Waals surface area contributed by atoms with Crippen LogP contribution < -0.4 is 14.2 Å². The molecule has 0 amide bonds. The Kier molecular flexibility index (Phi) is 5.58. The minimum atomic E-state index is 0.333. The molecule has 0 bridgehead atoms. The fourth-order valence-electron chi connectivity index (χ4n) is 2.78. The molecule has 0 N–H and O–H groups in total. The summed E-state index contributed by atoms with van der Waals surface area (Å²) in [7, 11) is 3.25. The smallest absolute Gasteiger partial charge is 0.232 e. The average molecular weight is 360 g/mol. The minimum absolute atomic E-state index is 0.333. The van der Waals surface area contributed by atoms with Gasteiger partial charge in [0.05, 0.1) is 26.5 Å². The molecule has 0 aliphatic carbocycles. The zero-order chi connectivity index (χ0) is 19.2. The number of methoxy groups -OCH3 is 2. The van der Waals surface area contributed by atoms with Crippen LogP contribution in [0, 0.1) is 11.3 Å². The highest BCUT2D eigenvalue weighted by Crippen LogP contribution is 2.34. The molecular formula is C22H20N2O3. The van der Waals surface area contributed by atoms with Crippen molar-refractivity contribution < 1.29 is 14.2 Å². The Morgan fingerprint density at radius 1 is 0.889 bits per heavy atom. The Hall–Kier alpha value is -3.52. The van der Waals surface area contributed by atoms with E-state index in [1.165, 1.54) is 0 Å². The van der Waals surface area contributed by atoms with Crippen LogP contribution in [-0.2, 0) is 0 Å². The summed E-state index contributed by atoms with van der Waals surface area (Å²) in [6.07, 6.45) is 0. The molecule has 0 radical (unpaired) electrons. The van der Waals surface area contributed by atoms with Gasteiger partial charge >= 0.3 is 0 Å². The van der Waals surface area contributed by atoms with Crippen molar-refractivity contribution >= 4 is 0 Å². The van der Waals surface area contributed by atoms with Gasteiger partial charge in [0.25, 0.3) is 0 Å². The van der Waals surface area contributed by atoms with Gasteiger partial charge in [0, 0.05) is 11.1 Å². The van der Waals surface area contributed by atoms with Gasteiger partial charge in [0.1, 0.15) is 23.1 Å². The molecule has 0 aliphatic heterocycles. The van der Waals surface area contributed by atoms with Crippen LogP contribution in [-0.4, -0.2) is 25.8 Å². The molecule has 2 aromatic carbocycles. The van der Waals surface area contributed by atoms with Crippen molar-refractivity contribution in [3.63, 3.8) is 0 Å². The summed E-state index contributed by atoms with van der Waals surface area (Å²) in [5.74, 6) is 1.86. The predicted octanol–water partition coefficient (Wildman–Crippen LogP) is 4.70. The summed E-state index contributed by atoms with van der Waals surface area (Å²) in [5, 5.41) is 9.71. The number of pyridine rings is 1. The van der Waals surface area contributed by atoms with Crippen molar-refractivity contribution in [3.05, 3.63) is 60.2 Å². The van der Waals surface area contributed by atoms with E-state index < -0.39 is 0 Å². The number of aromatic nitrogens is 1. The van der Waals surface area contributed by atoms with Crippen molar-refractivity contribution in [2.45, 2.75) is 6.92 Å². The molecule has 0 saturated heterocycles. The van der Waals surface area contributed by atoms with Gasteiger partial charge in [-0.1, -0.05) is 12.1 Å². The number of nitrogens with zero attached hydrogens (tertiary/aromatic N) is 2. The van der Waals surface area contributed by atoms with Gasteiger partial charge in [0.2, 0.25) is 5.88 Å². The number of hydrogen-bond donors (Lipinski definition) is 0. The molecule has 3 rings (SSSR count). The highest BCUT2D eigenvalue weighted by Gasteiger charge is 2.16. The molecule has 0 fully saturated rings. The first-order valence-electron chi connectivity index (χ1n) is 8.57. The quantitative estimate of drug-likeness (QED) is 0.637. The molecule has 1 aromatic heterocycles. The molecule has 136 valence electrons. The number of hydrogen-bond acceptors (Lipinski definition) is 5. The maximum absolute atomic E-state index is 9.71. The van der Waals surface area contributed by atoms with Gasteiger partial charge in [-0.05, 0) is 55.0 Å². The lowest BCUT2D eigenvalue weighted by atomic mass is 9.98. The van der Waals surface area contributed by atoms with Gasteiger partial charge < -0.3 is 14.2 Å². The predicted molar refractivity (Wildman–Crippen MR) is 104 cm³/mol. The van der Waals surface area contributed by atoms with Gasteiger partial charge in [-0.3, -0.25) is 0 Å². The zero-order valence-electron chi connectivity index (χ0n) is 15.5. The lowest BCUT2D eigenvalue weighted by molar-refractivity contribution is 0.326. The topological polar surface area (TPSA) is 64.4 Å². The SMILES string of the molecule is CCOc1nc(-c2ccc(OC)cc2)cc(-c2ccc(OC)cc2)c1C#N. The molecule has 0 atom stereocenters. The van der Waals surface area contributed by atoms with Gasteiger partial charge in [-0.25, -0.2) is 4.98 Å². The number of nitriles is 1. The maximum atomic E-state index is 9.71. The second-order valence-electron chi connectivity index (χ2n) is 5.74. The lowest BCUT2D eigenvalue weighted by Crippen LogP contribution is -2.01. The fourth-order valence-corrected chi connectivity index (χ4v) is 2.78. The van der Waals surface area contributed by atoms with E-state index in [2.05, 4.69) is 11.1 Å². The van der Waals surface area contributed by atoms with Crippen LogP contribution in [0.15, 0.2) is 54.6 Å². The van der Waals surface area contributed by atoms with E-state index in [0.717, 1.165) is 33.9 Å². The normalized spacial score (nSPS) is 10.1. The Morgan fingerprint density at radius 2 is 1.44 bits per heavy atom. The molecule has 3 aromatic rings. The third-order valence-corrected chi connectivity index (χ3v) is 4.17. The Balaban J connectivity index is 2.17. The first-order chi connectivity index (χ1) is 13.2. The third-order valence-electron chi connectivity index (χ3n) is 4.17. The van der Waals surface area contributed by atoms with Crippen molar-refractivity contribution in [1.82, 2.24) is 4.98 Å². The van der Waals surface area contributed by atoms with E-state index in [1.807, 2.05) is 61.5 Å². The summed E-state index contributed by atoms with van der Waals surface area (Å²) in [4.78, 5) is 4.57. The molecular weight excluding hydrogens is 340 g/mol. The maximum Gasteiger partial charge on any atom is 0.232 e. The minimum Gasteiger partial charge on any atom is -0.497 e. The summed E-state index contributed by atoms with van der Waals surface area (Å²) < 4.78 is 16.1. The fraction of sp³-hybridized carbons (Fsp3) is 0.182. The summed E-state index contributed by atoms with van der Waals surface area (Å²) in [6.45, 7) is 2.30. The Bertz CT molecular complexity index is 959. The molecule has 5 nitrogen and oxygen atoms in total. The third kappa shape index (κ3) is 3.85. The number of benzene rings is 2. The second-order valence-corrected chi connectivity index (χ2v) is 5.74. The molecule has 1 heterocycles. The summed E-state index contributed by atoms with van der Waals surface area (Å²) >= 11 is 0. The van der Waals surface area contributed by atoms with E-state index in [-0.39, 0.29) is 0 Å². The van der Waals surface area contributed by atoms with Crippen molar-refractivity contribution in [1.29, 1.82) is 5.26 Å². The van der Waals surface area contributed by atoms with Gasteiger partial charge in [-0.15, -0.1) is 0 Å². The Labute approximate surface area is 158 Å². The van der Waals surface area contributed by atoms with E-state index in [0.29, 0.717) is 18.1 Å². The van der Waals surface area contributed by atoms with E-state index in [9.17, 15) is 5.26 Å². The summed E-state index contributed by atoms with van der Waals surface area (Å²) in [5.41, 5.74) is 3.72. The first-order valence-corrected chi connectivity index (χ1v) is 8.57. The van der Waals surface area contributed by atoms with Crippen LogP contribution >= 0.6 is 0 Å². The van der Waals surface area contributed by atoms with E-state index in [1.54, 1.807) is 14.2 Å². The molecule has 0 spiro atoms. The standard InChI is InChI=1S/C22H20N2O3/c1-4-27-22-20(14-23)19(15-5-9-17(25-2)10-6-15)13-21(24-22)16-7-11-18(26-3)12-8-16/h5-13H,4H2,1-3H3. The van der Waals surface area contributed by atoms with Crippen molar-refractivity contribution in [3.8, 4) is 45.8 Å². The van der Waals surface area contributed by atoms with Crippen LogP contribution in [0.4, 0.5) is 0 Å². The van der Waals surface area contributed by atoms with Crippen molar-refractivity contribution in [2.24, 2.45) is 0 Å². The summed E-state index contributed by atoms with van der Waals surface area (Å²) in [6, 6.07) is 19.3. The second kappa shape index (κ2) is 8.24. The van der Waals surface area contributed by atoms with Crippen LogP contribution in [0.1, 0.15) is 12.5 Å². The van der Waals surface area contributed by atoms with Gasteiger partial charge in [-0.2, -0.15) is 5.26 Å². The highest BCUT2D eigenvalue weighted by molar-refractivity contribution is 5.78. The van der Waals surface area contributed by atoms with E-state index >= 15 is 0 Å². The van der Waals surface area contributed by atoms with Crippen LogP contribution in [0.2, 0.25) is 0 Å². The largest absolute Gasteiger partial charge is 0.497 e. The van der Waals surface area contributed by atoms with Crippen LogP contribution in [0.3, 0.4) is 0 Å². The van der Waals surface area contributed by atoms with Crippen molar-refractivity contribution in [2.75, 3.05) is 20.8 Å². The highest BCUT2D eigenvalue weighted by atomic mass is 16.5. The zero-order valence-corrected chi connectivity index (χ0v) is 15.5. The van der Waals surface area contributed by atoms with E-state index in [4.69, 9.17) is 14.2 Å². The van der Waals surface area contributed by atoms with Crippen LogP contribution in [0.25, 0.3) is 22.4 Å². The molecule has 0 unspecified atom stereocenters. The molecule has 27 heavy (non-hydrogen) atoms. The first kappa shape index (κ1) is 18.3. The van der Waals surface area contributed by atoms with Gasteiger partial charge in [0.15, 0.2) is 0 Å².